The summed E-state index contributed by atoms with van der Waals surface area (Å²) in [4.78, 5) is 68.6. The van der Waals surface area contributed by atoms with E-state index in [0.29, 0.717) is 59.1 Å². The summed E-state index contributed by atoms with van der Waals surface area (Å²) in [7, 11) is 0. The van der Waals surface area contributed by atoms with Crippen LogP contribution in [0.1, 0.15) is 87.6 Å². The van der Waals surface area contributed by atoms with E-state index in [4.69, 9.17) is 10.7 Å². The molecule has 0 bridgehead atoms. The Balaban J connectivity index is 0.830. The molecule has 5 N–H and O–H groups in total. The summed E-state index contributed by atoms with van der Waals surface area (Å²) >= 11 is 0. The summed E-state index contributed by atoms with van der Waals surface area (Å²) in [5.41, 5.74) is 10.1. The Morgan fingerprint density at radius 2 is 1.60 bits per heavy atom. The lowest BCUT2D eigenvalue weighted by atomic mass is 9.89. The molecular formula is C41H49N9O5. The van der Waals surface area contributed by atoms with E-state index in [1.54, 1.807) is 12.3 Å². The van der Waals surface area contributed by atoms with Crippen molar-refractivity contribution in [1.29, 1.82) is 0 Å². The molecule has 5 aliphatic heterocycles. The number of rotatable bonds is 10. The molecule has 4 saturated heterocycles. The minimum Gasteiger partial charge on any atom is -0.396 e. The van der Waals surface area contributed by atoms with Gasteiger partial charge in [-0.2, -0.15) is 0 Å². The van der Waals surface area contributed by atoms with Gasteiger partial charge in [-0.05, 0) is 112 Å². The number of amides is 4. The third-order valence-corrected chi connectivity index (χ3v) is 12.1. The molecule has 4 fully saturated rings. The van der Waals surface area contributed by atoms with Gasteiger partial charge in [-0.25, -0.2) is 9.97 Å². The van der Waals surface area contributed by atoms with Gasteiger partial charge in [0, 0.05) is 56.4 Å². The molecule has 1 unspecified atom stereocenters. The van der Waals surface area contributed by atoms with Crippen molar-refractivity contribution < 1.29 is 24.3 Å². The molecule has 6 heterocycles. The van der Waals surface area contributed by atoms with E-state index >= 15 is 0 Å². The number of fused-ring (bicyclic) bond motifs is 1. The third-order valence-electron chi connectivity index (χ3n) is 12.1. The number of carbonyl (C=O) groups is 4. The number of primary amides is 1. The number of allylic oxidation sites excluding steroid dienone is 1. The fraction of sp³-hybridized carbons (Fsp3) is 0.463. The van der Waals surface area contributed by atoms with Gasteiger partial charge in [0.15, 0.2) is 11.5 Å². The number of likely N-dealkylation sites (tertiary alicyclic amines) is 1. The first-order valence-corrected chi connectivity index (χ1v) is 19.5. The molecule has 8 rings (SSSR count). The van der Waals surface area contributed by atoms with Crippen molar-refractivity contribution in [3.8, 4) is 0 Å². The number of hydrogen-bond donors (Lipinski definition) is 4. The summed E-state index contributed by atoms with van der Waals surface area (Å²) in [6.45, 7) is 10.4. The van der Waals surface area contributed by atoms with Crippen molar-refractivity contribution in [2.45, 2.75) is 56.9 Å². The molecule has 0 spiro atoms. The Kier molecular flexibility index (Phi) is 10.3. The van der Waals surface area contributed by atoms with Gasteiger partial charge in [0.1, 0.15) is 11.9 Å². The second-order valence-corrected chi connectivity index (χ2v) is 15.7. The maximum absolute atomic E-state index is 13.4. The van der Waals surface area contributed by atoms with Crippen LogP contribution in [0.4, 0.5) is 23.0 Å². The summed E-state index contributed by atoms with van der Waals surface area (Å²) in [6, 6.07) is 13.0. The SMILES string of the molecule is C=C1CCC(N2C(=O)c3ccc(N4CC[C@@H](CN5CCC(c6ccc(Nc7nc(N8CCC(CO)CC8)cnc7C(N)=O)cc6)CC5)C4)cc3C2=O)C(=O)N1. The highest BCUT2D eigenvalue weighted by Crippen LogP contribution is 2.35. The van der Waals surface area contributed by atoms with Crippen molar-refractivity contribution in [2.75, 3.05) is 67.5 Å². The minimum absolute atomic E-state index is 0.0972. The fourth-order valence-electron chi connectivity index (χ4n) is 8.89. The molecule has 55 heavy (non-hydrogen) atoms. The number of nitrogens with two attached hydrogens (primary N) is 1. The number of anilines is 4. The topological polar surface area (TPSA) is 177 Å². The van der Waals surface area contributed by atoms with Crippen molar-refractivity contribution in [3.05, 3.63) is 83.3 Å². The number of hydrogen-bond acceptors (Lipinski definition) is 11. The van der Waals surface area contributed by atoms with Gasteiger partial charge >= 0.3 is 0 Å². The van der Waals surface area contributed by atoms with Crippen LogP contribution in [-0.4, -0.2) is 107 Å². The number of piperidine rings is 3. The highest BCUT2D eigenvalue weighted by molar-refractivity contribution is 6.23. The van der Waals surface area contributed by atoms with Crippen LogP contribution in [0.5, 0.6) is 0 Å². The van der Waals surface area contributed by atoms with Gasteiger partial charge in [0.05, 0.1) is 17.3 Å². The first-order valence-electron chi connectivity index (χ1n) is 19.5. The maximum atomic E-state index is 13.4. The molecule has 3 aromatic rings. The van der Waals surface area contributed by atoms with Gasteiger partial charge in [0.2, 0.25) is 5.91 Å². The lowest BCUT2D eigenvalue weighted by Gasteiger charge is -2.34. The van der Waals surface area contributed by atoms with E-state index in [2.05, 4.69) is 49.0 Å². The summed E-state index contributed by atoms with van der Waals surface area (Å²) < 4.78 is 0. The first kappa shape index (κ1) is 36.6. The zero-order chi connectivity index (χ0) is 38.2. The lowest BCUT2D eigenvalue weighted by Crippen LogP contribution is -2.51. The van der Waals surface area contributed by atoms with Crippen LogP contribution in [-0.2, 0) is 4.79 Å². The Hall–Kier alpha value is -5.34. The average molecular weight is 748 g/mol. The van der Waals surface area contributed by atoms with Gasteiger partial charge in [0.25, 0.3) is 17.7 Å². The highest BCUT2D eigenvalue weighted by atomic mass is 16.3. The molecule has 2 aromatic carbocycles. The second-order valence-electron chi connectivity index (χ2n) is 15.7. The maximum Gasteiger partial charge on any atom is 0.271 e. The van der Waals surface area contributed by atoms with E-state index in [9.17, 15) is 24.3 Å². The zero-order valence-electron chi connectivity index (χ0n) is 31.1. The van der Waals surface area contributed by atoms with E-state index < -0.39 is 23.8 Å². The average Bonchev–Trinajstić information content (AvgIpc) is 3.76. The number of nitrogens with zero attached hydrogens (tertiary/aromatic N) is 6. The van der Waals surface area contributed by atoms with Gasteiger partial charge in [-0.1, -0.05) is 18.7 Å². The summed E-state index contributed by atoms with van der Waals surface area (Å²) in [5.74, 6) is 0.480. The predicted molar refractivity (Wildman–Crippen MR) is 208 cm³/mol. The van der Waals surface area contributed by atoms with Crippen LogP contribution in [0.2, 0.25) is 0 Å². The van der Waals surface area contributed by atoms with Crippen molar-refractivity contribution in [2.24, 2.45) is 17.6 Å². The van der Waals surface area contributed by atoms with Crippen LogP contribution in [0.15, 0.2) is 60.9 Å². The number of nitrogens with one attached hydrogen (secondary N) is 2. The van der Waals surface area contributed by atoms with Crippen LogP contribution in [0, 0.1) is 11.8 Å². The van der Waals surface area contributed by atoms with E-state index in [1.807, 2.05) is 24.3 Å². The second kappa shape index (κ2) is 15.4. The Labute approximate surface area is 320 Å². The van der Waals surface area contributed by atoms with Gasteiger partial charge in [-0.3, -0.25) is 24.1 Å². The Morgan fingerprint density at radius 1 is 0.891 bits per heavy atom. The number of aromatic nitrogens is 2. The number of imide groups is 1. The molecule has 0 saturated carbocycles. The summed E-state index contributed by atoms with van der Waals surface area (Å²) in [5, 5.41) is 15.5. The van der Waals surface area contributed by atoms with Gasteiger partial charge in [-0.15, -0.1) is 0 Å². The highest BCUT2D eigenvalue weighted by Gasteiger charge is 2.44. The smallest absolute Gasteiger partial charge is 0.271 e. The zero-order valence-corrected chi connectivity index (χ0v) is 31.1. The van der Waals surface area contributed by atoms with E-state index in [1.165, 1.54) is 5.56 Å². The number of benzene rings is 2. The monoisotopic (exact) mass is 747 g/mol. The number of aliphatic hydroxyl groups excluding tert-OH is 1. The van der Waals surface area contributed by atoms with Crippen molar-refractivity contribution in [3.63, 3.8) is 0 Å². The van der Waals surface area contributed by atoms with Crippen molar-refractivity contribution in [1.82, 2.24) is 25.1 Å². The van der Waals surface area contributed by atoms with E-state index in [0.717, 1.165) is 94.2 Å². The quantitative estimate of drug-likeness (QED) is 0.223. The van der Waals surface area contributed by atoms with Crippen molar-refractivity contribution >= 4 is 46.6 Å². The molecule has 1 aromatic heterocycles. The first-order chi connectivity index (χ1) is 26.6. The largest absolute Gasteiger partial charge is 0.396 e. The van der Waals surface area contributed by atoms with Crippen LogP contribution in [0.25, 0.3) is 0 Å². The molecule has 2 atom stereocenters. The third kappa shape index (κ3) is 7.52. The molecule has 14 heteroatoms. The lowest BCUT2D eigenvalue weighted by molar-refractivity contribution is -0.125. The standard InChI is InChI=1S/C41H49N9O5/c1-25-2-9-34(39(53)44-25)50-40(54)32-8-7-31(20-33(32)41(50)55)49-19-12-27(23-49)22-47-15-13-29(14-16-47)28-3-5-30(6-4-28)45-38-36(37(42)52)43-21-35(46-38)48-17-10-26(24-51)11-18-48/h3-8,20-21,26-27,29,34,51H,1-2,9-19,22-24H2,(H2,42,52)(H,44,53)(H,45,46)/t27-,34?/m0/s1. The van der Waals surface area contributed by atoms with E-state index in [-0.39, 0.29) is 18.2 Å². The van der Waals surface area contributed by atoms with Crippen LogP contribution >= 0.6 is 0 Å². The van der Waals surface area contributed by atoms with Gasteiger partial charge < -0.3 is 36.2 Å². The normalized spacial score (nSPS) is 22.7. The molecule has 0 radical (unpaired) electrons. The summed E-state index contributed by atoms with van der Waals surface area (Å²) in [6.07, 6.45) is 7.47. The fourth-order valence-corrected chi connectivity index (χ4v) is 8.89. The van der Waals surface area contributed by atoms with Crippen LogP contribution < -0.4 is 26.2 Å². The molecule has 5 aliphatic rings. The van der Waals surface area contributed by atoms with Crippen LogP contribution in [0.3, 0.4) is 0 Å². The molecule has 288 valence electrons. The molecule has 0 aliphatic carbocycles. The number of carbonyl (C=O) groups excluding carboxylic acids is 4. The molecule has 14 nitrogen and oxygen atoms in total. The predicted octanol–water partition coefficient (Wildman–Crippen LogP) is 3.62. The molecular weight excluding hydrogens is 699 g/mol. The number of aliphatic hydroxyl groups is 1. The Morgan fingerprint density at radius 3 is 2.31 bits per heavy atom. The minimum atomic E-state index is -0.812. The Bertz CT molecular complexity index is 1990. The molecule has 4 amide bonds.